The summed E-state index contributed by atoms with van der Waals surface area (Å²) < 4.78 is 40.9. The number of rotatable bonds is 5. The van der Waals surface area contributed by atoms with Crippen LogP contribution in [0.5, 0.6) is 0 Å². The molecule has 0 heterocycles. The van der Waals surface area contributed by atoms with E-state index in [1.54, 1.807) is 13.0 Å². The molecule has 0 aliphatic heterocycles. The number of nitrogens with one attached hydrogen (secondary N) is 1. The molecule has 0 saturated carbocycles. The third-order valence-electron chi connectivity index (χ3n) is 3.33. The minimum absolute atomic E-state index is 0.175. The highest BCUT2D eigenvalue weighted by Gasteiger charge is 2.15. The van der Waals surface area contributed by atoms with Gasteiger partial charge in [0.15, 0.2) is 0 Å². The average Bonchev–Trinajstić information content (AvgIpc) is 2.41. The van der Waals surface area contributed by atoms with Gasteiger partial charge >= 0.3 is 0 Å². The first-order valence-electron chi connectivity index (χ1n) is 6.98. The number of halogens is 3. The van der Waals surface area contributed by atoms with Gasteiger partial charge in [-0.3, -0.25) is 0 Å². The van der Waals surface area contributed by atoms with Crippen LogP contribution in [0.1, 0.15) is 24.5 Å². The van der Waals surface area contributed by atoms with Gasteiger partial charge < -0.3 is 5.32 Å². The van der Waals surface area contributed by atoms with Crippen LogP contribution >= 0.6 is 0 Å². The normalized spacial score (nSPS) is 10.9. The Labute approximate surface area is 122 Å². The fourth-order valence-corrected chi connectivity index (χ4v) is 2.26. The van der Waals surface area contributed by atoms with E-state index in [1.807, 2.05) is 12.1 Å². The van der Waals surface area contributed by atoms with Crippen LogP contribution in [0.2, 0.25) is 0 Å². The lowest BCUT2D eigenvalue weighted by atomic mass is 9.97. The minimum atomic E-state index is -0.910. The number of aryl methyl sites for hydroxylation is 1. The molecule has 0 aliphatic rings. The van der Waals surface area contributed by atoms with Crippen molar-refractivity contribution in [3.05, 3.63) is 58.9 Å². The quantitative estimate of drug-likeness (QED) is 0.796. The Kier molecular flexibility index (Phi) is 5.02. The second-order valence-corrected chi connectivity index (χ2v) is 5.07. The molecule has 0 saturated heterocycles. The molecule has 1 N–H and O–H groups in total. The highest BCUT2D eigenvalue weighted by atomic mass is 19.1. The first-order valence-corrected chi connectivity index (χ1v) is 6.98. The summed E-state index contributed by atoms with van der Waals surface area (Å²) >= 11 is 0. The fourth-order valence-electron chi connectivity index (χ4n) is 2.26. The third kappa shape index (κ3) is 3.64. The molecule has 2 aromatic carbocycles. The summed E-state index contributed by atoms with van der Waals surface area (Å²) in [6.45, 7) is 5.35. The molecule has 2 aromatic rings. The van der Waals surface area contributed by atoms with Crippen molar-refractivity contribution < 1.29 is 13.2 Å². The maximum Gasteiger partial charge on any atom is 0.136 e. The molecular weight excluding hydrogens is 275 g/mol. The Morgan fingerprint density at radius 1 is 1.00 bits per heavy atom. The Bertz CT molecular complexity index is 615. The number of benzene rings is 2. The molecular formula is C17H18F3N. The van der Waals surface area contributed by atoms with Crippen molar-refractivity contribution >= 4 is 0 Å². The SMILES string of the molecule is CCCNCc1ccc(C)c(-c2c(F)cc(F)cc2F)c1. The Morgan fingerprint density at radius 3 is 2.29 bits per heavy atom. The van der Waals surface area contributed by atoms with Gasteiger partial charge in [0.25, 0.3) is 0 Å². The summed E-state index contributed by atoms with van der Waals surface area (Å²) in [4.78, 5) is 0. The molecule has 0 aliphatic carbocycles. The molecule has 0 spiro atoms. The zero-order chi connectivity index (χ0) is 15.4. The van der Waals surface area contributed by atoms with E-state index in [0.29, 0.717) is 24.2 Å². The van der Waals surface area contributed by atoms with Crippen molar-refractivity contribution in [2.45, 2.75) is 26.8 Å². The van der Waals surface area contributed by atoms with Crippen molar-refractivity contribution in [2.75, 3.05) is 6.54 Å². The van der Waals surface area contributed by atoms with E-state index in [-0.39, 0.29) is 5.56 Å². The standard InChI is InChI=1S/C17H18F3N/c1-3-6-21-10-12-5-4-11(2)14(7-12)17-15(19)8-13(18)9-16(17)20/h4-5,7-9,21H,3,6,10H2,1-2H3. The summed E-state index contributed by atoms with van der Waals surface area (Å²) in [6.07, 6.45) is 1.01. The van der Waals surface area contributed by atoms with Crippen LogP contribution in [-0.4, -0.2) is 6.54 Å². The van der Waals surface area contributed by atoms with Gasteiger partial charge in [0.05, 0.1) is 5.56 Å². The predicted molar refractivity (Wildman–Crippen MR) is 78.5 cm³/mol. The van der Waals surface area contributed by atoms with Gasteiger partial charge in [-0.05, 0) is 42.6 Å². The Balaban J connectivity index is 2.41. The molecule has 1 nitrogen and oxygen atoms in total. The monoisotopic (exact) mass is 293 g/mol. The molecule has 21 heavy (non-hydrogen) atoms. The smallest absolute Gasteiger partial charge is 0.136 e. The average molecular weight is 293 g/mol. The summed E-state index contributed by atoms with van der Waals surface area (Å²) in [6, 6.07) is 6.90. The van der Waals surface area contributed by atoms with Crippen LogP contribution in [0.25, 0.3) is 11.1 Å². The van der Waals surface area contributed by atoms with Crippen molar-refractivity contribution in [1.29, 1.82) is 0 Å². The summed E-state index contributed by atoms with van der Waals surface area (Å²) in [7, 11) is 0. The molecule has 0 bridgehead atoms. The molecule has 0 aromatic heterocycles. The fraction of sp³-hybridized carbons (Fsp3) is 0.294. The lowest BCUT2D eigenvalue weighted by Crippen LogP contribution is -2.13. The van der Waals surface area contributed by atoms with E-state index in [0.717, 1.165) is 24.1 Å². The number of hydrogen-bond donors (Lipinski definition) is 1. The van der Waals surface area contributed by atoms with Crippen molar-refractivity contribution in [2.24, 2.45) is 0 Å². The van der Waals surface area contributed by atoms with Crippen LogP contribution in [0.4, 0.5) is 13.2 Å². The van der Waals surface area contributed by atoms with Gasteiger partial charge in [0, 0.05) is 18.7 Å². The summed E-state index contributed by atoms with van der Waals surface area (Å²) in [5.41, 5.74) is 1.97. The maximum atomic E-state index is 13.9. The summed E-state index contributed by atoms with van der Waals surface area (Å²) in [5.74, 6) is -2.67. The van der Waals surface area contributed by atoms with E-state index in [1.165, 1.54) is 0 Å². The number of hydrogen-bond acceptors (Lipinski definition) is 1. The van der Waals surface area contributed by atoms with Crippen LogP contribution in [-0.2, 0) is 6.54 Å². The van der Waals surface area contributed by atoms with Gasteiger partial charge in [-0.25, -0.2) is 13.2 Å². The van der Waals surface area contributed by atoms with Gasteiger partial charge in [0.2, 0.25) is 0 Å². The van der Waals surface area contributed by atoms with E-state index < -0.39 is 17.5 Å². The molecule has 0 fully saturated rings. The second kappa shape index (κ2) is 6.76. The predicted octanol–water partition coefficient (Wildman–Crippen LogP) is 4.58. The lowest BCUT2D eigenvalue weighted by Gasteiger charge is -2.12. The maximum absolute atomic E-state index is 13.9. The molecule has 4 heteroatoms. The van der Waals surface area contributed by atoms with Gasteiger partial charge in [-0.2, -0.15) is 0 Å². The zero-order valence-electron chi connectivity index (χ0n) is 12.1. The van der Waals surface area contributed by atoms with Gasteiger partial charge in [-0.1, -0.05) is 19.1 Å². The summed E-state index contributed by atoms with van der Waals surface area (Å²) in [5, 5.41) is 3.24. The Hall–Kier alpha value is -1.81. The van der Waals surface area contributed by atoms with Crippen molar-refractivity contribution in [3.63, 3.8) is 0 Å². The first-order chi connectivity index (χ1) is 10.0. The highest BCUT2D eigenvalue weighted by molar-refractivity contribution is 5.69. The zero-order valence-corrected chi connectivity index (χ0v) is 12.1. The van der Waals surface area contributed by atoms with Crippen molar-refractivity contribution in [1.82, 2.24) is 5.32 Å². The van der Waals surface area contributed by atoms with Crippen LogP contribution in [0.15, 0.2) is 30.3 Å². The van der Waals surface area contributed by atoms with E-state index in [2.05, 4.69) is 12.2 Å². The molecule has 0 amide bonds. The van der Waals surface area contributed by atoms with E-state index in [4.69, 9.17) is 0 Å². The second-order valence-electron chi connectivity index (χ2n) is 5.07. The third-order valence-corrected chi connectivity index (χ3v) is 3.33. The Morgan fingerprint density at radius 2 is 1.67 bits per heavy atom. The molecule has 0 unspecified atom stereocenters. The largest absolute Gasteiger partial charge is 0.313 e. The van der Waals surface area contributed by atoms with E-state index >= 15 is 0 Å². The molecule has 2 rings (SSSR count). The first kappa shape index (κ1) is 15.6. The molecule has 0 radical (unpaired) electrons. The lowest BCUT2D eigenvalue weighted by molar-refractivity contribution is 0.548. The van der Waals surface area contributed by atoms with Gasteiger partial charge in [0.1, 0.15) is 17.5 Å². The van der Waals surface area contributed by atoms with E-state index in [9.17, 15) is 13.2 Å². The van der Waals surface area contributed by atoms with Gasteiger partial charge in [-0.15, -0.1) is 0 Å². The molecule has 112 valence electrons. The highest BCUT2D eigenvalue weighted by Crippen LogP contribution is 2.30. The van der Waals surface area contributed by atoms with Crippen LogP contribution in [0, 0.1) is 24.4 Å². The van der Waals surface area contributed by atoms with Crippen LogP contribution in [0.3, 0.4) is 0 Å². The van der Waals surface area contributed by atoms with Crippen LogP contribution < -0.4 is 5.32 Å². The minimum Gasteiger partial charge on any atom is -0.313 e. The molecule has 0 atom stereocenters. The van der Waals surface area contributed by atoms with Crippen molar-refractivity contribution in [3.8, 4) is 11.1 Å². The topological polar surface area (TPSA) is 12.0 Å².